The monoisotopic (exact) mass is 210 g/mol. The van der Waals surface area contributed by atoms with Crippen LogP contribution in [0.15, 0.2) is 11.6 Å². The second-order valence-electron chi connectivity index (χ2n) is 5.02. The zero-order valence-electron chi connectivity index (χ0n) is 10.3. The molecule has 1 aliphatic rings. The molecular weight excluding hydrogens is 184 g/mol. The number of nitrogens with two attached hydrogens (primary N) is 1. The number of hydrogen-bond donors (Lipinski definition) is 2. The van der Waals surface area contributed by atoms with Gasteiger partial charge in [-0.25, -0.2) is 0 Å². The summed E-state index contributed by atoms with van der Waals surface area (Å²) >= 11 is 0. The minimum absolute atomic E-state index is 0.506. The van der Waals surface area contributed by atoms with E-state index >= 15 is 0 Å². The van der Waals surface area contributed by atoms with Crippen molar-refractivity contribution in [2.24, 2.45) is 11.7 Å². The van der Waals surface area contributed by atoms with Crippen LogP contribution in [0.3, 0.4) is 0 Å². The summed E-state index contributed by atoms with van der Waals surface area (Å²) in [5.41, 5.74) is 7.38. The molecule has 0 aromatic rings. The van der Waals surface area contributed by atoms with Gasteiger partial charge in [0.15, 0.2) is 0 Å². The van der Waals surface area contributed by atoms with Gasteiger partial charge >= 0.3 is 0 Å². The Hall–Kier alpha value is -0.340. The maximum absolute atomic E-state index is 5.74. The first-order valence-corrected chi connectivity index (χ1v) is 6.33. The first-order valence-electron chi connectivity index (χ1n) is 6.33. The summed E-state index contributed by atoms with van der Waals surface area (Å²) in [7, 11) is 0. The van der Waals surface area contributed by atoms with Crippen LogP contribution in [0.4, 0.5) is 0 Å². The molecule has 88 valence electrons. The third kappa shape index (κ3) is 5.33. The van der Waals surface area contributed by atoms with E-state index in [1.54, 1.807) is 5.57 Å². The molecular formula is C13H26N2. The normalized spacial score (nSPS) is 18.3. The third-order valence-corrected chi connectivity index (χ3v) is 3.05. The molecule has 0 radical (unpaired) electrons. The van der Waals surface area contributed by atoms with E-state index in [4.69, 9.17) is 5.73 Å². The molecule has 1 aliphatic carbocycles. The molecule has 2 heteroatoms. The average Bonchev–Trinajstić information content (AvgIpc) is 2.68. The van der Waals surface area contributed by atoms with Crippen molar-refractivity contribution in [2.75, 3.05) is 13.1 Å². The Bertz CT molecular complexity index is 197. The van der Waals surface area contributed by atoms with Crippen molar-refractivity contribution in [3.8, 4) is 0 Å². The van der Waals surface area contributed by atoms with Crippen molar-refractivity contribution in [2.45, 2.75) is 52.0 Å². The van der Waals surface area contributed by atoms with E-state index in [9.17, 15) is 0 Å². The SMILES string of the molecule is CC(C)CC(CN)NCCC1=CCCC1. The van der Waals surface area contributed by atoms with Gasteiger partial charge in [0.2, 0.25) is 0 Å². The molecule has 0 fully saturated rings. The summed E-state index contributed by atoms with van der Waals surface area (Å²) in [5, 5.41) is 3.56. The highest BCUT2D eigenvalue weighted by molar-refractivity contribution is 5.07. The standard InChI is InChI=1S/C13H26N2/c1-11(2)9-13(10-14)15-8-7-12-5-3-4-6-12/h5,11,13,15H,3-4,6-10,14H2,1-2H3. The molecule has 0 saturated carbocycles. The minimum Gasteiger partial charge on any atom is -0.329 e. The molecule has 15 heavy (non-hydrogen) atoms. The van der Waals surface area contributed by atoms with E-state index in [0.29, 0.717) is 6.04 Å². The third-order valence-electron chi connectivity index (χ3n) is 3.05. The van der Waals surface area contributed by atoms with Gasteiger partial charge in [0.1, 0.15) is 0 Å². The number of hydrogen-bond acceptors (Lipinski definition) is 2. The van der Waals surface area contributed by atoms with Gasteiger partial charge in [0.05, 0.1) is 0 Å². The van der Waals surface area contributed by atoms with Crippen LogP contribution in [-0.2, 0) is 0 Å². The van der Waals surface area contributed by atoms with Gasteiger partial charge in [-0.05, 0) is 44.6 Å². The van der Waals surface area contributed by atoms with Crippen molar-refractivity contribution in [3.63, 3.8) is 0 Å². The summed E-state index contributed by atoms with van der Waals surface area (Å²) in [5.74, 6) is 0.733. The molecule has 0 aromatic heterocycles. The van der Waals surface area contributed by atoms with Crippen molar-refractivity contribution < 1.29 is 0 Å². The summed E-state index contributed by atoms with van der Waals surface area (Å²) < 4.78 is 0. The lowest BCUT2D eigenvalue weighted by Crippen LogP contribution is -2.37. The first kappa shape index (κ1) is 12.7. The fourth-order valence-corrected chi connectivity index (χ4v) is 2.23. The molecule has 0 bridgehead atoms. The predicted octanol–water partition coefficient (Wildman–Crippen LogP) is 2.45. The molecule has 0 spiro atoms. The van der Waals surface area contributed by atoms with Crippen molar-refractivity contribution in [1.29, 1.82) is 0 Å². The lowest BCUT2D eigenvalue weighted by molar-refractivity contribution is 0.425. The molecule has 1 atom stereocenters. The van der Waals surface area contributed by atoms with E-state index in [0.717, 1.165) is 19.0 Å². The Morgan fingerprint density at radius 2 is 2.27 bits per heavy atom. The maximum Gasteiger partial charge on any atom is 0.0192 e. The highest BCUT2D eigenvalue weighted by Gasteiger charge is 2.09. The van der Waals surface area contributed by atoms with E-state index in [2.05, 4.69) is 25.2 Å². The van der Waals surface area contributed by atoms with Crippen LogP contribution in [0.1, 0.15) is 46.0 Å². The Labute approximate surface area is 94.3 Å². The summed E-state index contributed by atoms with van der Waals surface area (Å²) in [4.78, 5) is 0. The maximum atomic E-state index is 5.74. The lowest BCUT2D eigenvalue weighted by Gasteiger charge is -2.18. The largest absolute Gasteiger partial charge is 0.329 e. The van der Waals surface area contributed by atoms with E-state index in [-0.39, 0.29) is 0 Å². The number of rotatable bonds is 7. The van der Waals surface area contributed by atoms with Crippen LogP contribution >= 0.6 is 0 Å². The summed E-state index contributed by atoms with van der Waals surface area (Å²) in [6.07, 6.45) is 8.79. The van der Waals surface area contributed by atoms with Crippen molar-refractivity contribution >= 4 is 0 Å². The molecule has 0 heterocycles. The second kappa shape index (κ2) is 7.02. The van der Waals surface area contributed by atoms with Gasteiger partial charge in [-0.1, -0.05) is 25.5 Å². The molecule has 0 aliphatic heterocycles. The fourth-order valence-electron chi connectivity index (χ4n) is 2.23. The van der Waals surface area contributed by atoms with Crippen molar-refractivity contribution in [1.82, 2.24) is 5.32 Å². The van der Waals surface area contributed by atoms with Gasteiger partial charge < -0.3 is 11.1 Å². The number of allylic oxidation sites excluding steroid dienone is 1. The number of nitrogens with one attached hydrogen (secondary N) is 1. The summed E-state index contributed by atoms with van der Waals surface area (Å²) in [6.45, 7) is 6.37. The average molecular weight is 210 g/mol. The van der Waals surface area contributed by atoms with E-state index < -0.39 is 0 Å². The van der Waals surface area contributed by atoms with Gasteiger partial charge in [-0.3, -0.25) is 0 Å². The van der Waals surface area contributed by atoms with Crippen LogP contribution < -0.4 is 11.1 Å². The zero-order chi connectivity index (χ0) is 11.1. The van der Waals surface area contributed by atoms with Crippen LogP contribution in [-0.4, -0.2) is 19.1 Å². The quantitative estimate of drug-likeness (QED) is 0.633. The molecule has 1 unspecified atom stereocenters. The Kier molecular flexibility index (Phi) is 5.96. The molecule has 0 aromatic carbocycles. The van der Waals surface area contributed by atoms with Crippen LogP contribution in [0.25, 0.3) is 0 Å². The van der Waals surface area contributed by atoms with Gasteiger partial charge in [-0.15, -0.1) is 0 Å². The van der Waals surface area contributed by atoms with Crippen LogP contribution in [0.2, 0.25) is 0 Å². The van der Waals surface area contributed by atoms with Gasteiger partial charge in [0.25, 0.3) is 0 Å². The van der Waals surface area contributed by atoms with E-state index in [1.807, 2.05) is 0 Å². The second-order valence-corrected chi connectivity index (χ2v) is 5.02. The summed E-state index contributed by atoms with van der Waals surface area (Å²) in [6, 6.07) is 0.506. The Balaban J connectivity index is 2.11. The lowest BCUT2D eigenvalue weighted by atomic mass is 10.0. The molecule has 0 saturated heterocycles. The molecule has 3 N–H and O–H groups in total. The molecule has 0 amide bonds. The smallest absolute Gasteiger partial charge is 0.0192 e. The van der Waals surface area contributed by atoms with Crippen LogP contribution in [0, 0.1) is 5.92 Å². The van der Waals surface area contributed by atoms with Crippen LogP contribution in [0.5, 0.6) is 0 Å². The minimum atomic E-state index is 0.506. The van der Waals surface area contributed by atoms with E-state index in [1.165, 1.54) is 32.1 Å². The molecule has 2 nitrogen and oxygen atoms in total. The Morgan fingerprint density at radius 1 is 1.47 bits per heavy atom. The predicted molar refractivity (Wildman–Crippen MR) is 66.9 cm³/mol. The zero-order valence-corrected chi connectivity index (χ0v) is 10.3. The highest BCUT2D eigenvalue weighted by Crippen LogP contribution is 2.19. The van der Waals surface area contributed by atoms with Crippen molar-refractivity contribution in [3.05, 3.63) is 11.6 Å². The van der Waals surface area contributed by atoms with Gasteiger partial charge in [0, 0.05) is 12.6 Å². The fraction of sp³-hybridized carbons (Fsp3) is 0.846. The Morgan fingerprint density at radius 3 is 2.80 bits per heavy atom. The molecule has 1 rings (SSSR count). The van der Waals surface area contributed by atoms with Gasteiger partial charge in [-0.2, -0.15) is 0 Å². The first-order chi connectivity index (χ1) is 7.22. The topological polar surface area (TPSA) is 38.0 Å². The highest BCUT2D eigenvalue weighted by atomic mass is 14.9.